The smallest absolute Gasteiger partial charge is 0.238 e. The summed E-state index contributed by atoms with van der Waals surface area (Å²) in [6, 6.07) is 61.8. The fraction of sp³-hybridized carbons (Fsp3) is 0.270. The van der Waals surface area contributed by atoms with Crippen LogP contribution in [0.25, 0.3) is 21.5 Å². The van der Waals surface area contributed by atoms with Crippen molar-refractivity contribution >= 4 is 33.4 Å². The first-order valence-electron chi connectivity index (χ1n) is 24.5. The number of primary amides is 1. The second kappa shape index (κ2) is 19.6. The predicted molar refractivity (Wildman–Crippen MR) is 280 cm³/mol. The van der Waals surface area contributed by atoms with E-state index >= 15 is 4.79 Å². The zero-order chi connectivity index (χ0) is 48.3. The number of nitrogens with two attached hydrogens (primary N) is 1. The van der Waals surface area contributed by atoms with Crippen molar-refractivity contribution in [3.05, 3.63) is 238 Å². The number of nitrogens with zero attached hydrogens (tertiary/aromatic N) is 1. The Morgan fingerprint density at radius 1 is 0.507 bits per heavy atom. The van der Waals surface area contributed by atoms with Gasteiger partial charge in [0.15, 0.2) is 0 Å². The number of carbonyl (C=O) groups is 2. The first kappa shape index (κ1) is 47.2. The summed E-state index contributed by atoms with van der Waals surface area (Å²) in [6.45, 7) is 7.75. The predicted octanol–water partition coefficient (Wildman–Crippen LogP) is 12.0. The molecule has 0 aliphatic heterocycles. The molecule has 1 aliphatic carbocycles. The number of fused-ring (bicyclic) bond motifs is 2. The van der Waals surface area contributed by atoms with Gasteiger partial charge in [-0.25, -0.2) is 0 Å². The molecule has 0 spiro atoms. The van der Waals surface area contributed by atoms with Crippen LogP contribution in [-0.2, 0) is 22.4 Å². The van der Waals surface area contributed by atoms with Gasteiger partial charge < -0.3 is 20.8 Å². The molecule has 6 nitrogen and oxygen atoms in total. The lowest BCUT2D eigenvalue weighted by Crippen LogP contribution is -2.61. The molecule has 0 heterocycles. The van der Waals surface area contributed by atoms with Crippen LogP contribution in [0.5, 0.6) is 0 Å². The number of hydrogen-bond acceptors (Lipinski definition) is 4. The third-order valence-corrected chi connectivity index (χ3v) is 15.0. The largest absolute Gasteiger partial charge is 0.387 e. The van der Waals surface area contributed by atoms with Crippen LogP contribution in [0.3, 0.4) is 0 Å². The molecule has 1 aliphatic rings. The monoisotopic (exact) mass is 912 g/mol. The zero-order valence-electron chi connectivity index (χ0n) is 40.4. The minimum atomic E-state index is -1.72. The molecule has 0 saturated heterocycles. The highest BCUT2D eigenvalue weighted by Gasteiger charge is 2.53. The maximum atomic E-state index is 16.2. The molecule has 350 valence electrons. The summed E-state index contributed by atoms with van der Waals surface area (Å²) in [4.78, 5) is 31.8. The van der Waals surface area contributed by atoms with Crippen LogP contribution in [0.4, 0.5) is 0 Å². The molecule has 0 radical (unpaired) electrons. The first-order chi connectivity index (χ1) is 33.2. The Bertz CT molecular complexity index is 2880. The Morgan fingerprint density at radius 3 is 1.23 bits per heavy atom. The molecular formula is C63H64N2O4. The van der Waals surface area contributed by atoms with Crippen LogP contribution < -0.4 is 5.73 Å². The highest BCUT2D eigenvalue weighted by molar-refractivity contribution is 6.04. The minimum Gasteiger partial charge on any atom is -0.387 e. The van der Waals surface area contributed by atoms with Crippen molar-refractivity contribution in [2.45, 2.75) is 89.3 Å². The molecule has 4 N–H and O–H groups in total. The van der Waals surface area contributed by atoms with Crippen molar-refractivity contribution in [1.82, 2.24) is 4.90 Å². The topological polar surface area (TPSA) is 104 Å². The lowest BCUT2D eigenvalue weighted by Gasteiger charge is -2.47. The van der Waals surface area contributed by atoms with E-state index in [1.54, 1.807) is 4.90 Å². The third-order valence-electron chi connectivity index (χ3n) is 15.0. The maximum Gasteiger partial charge on any atom is 0.238 e. The summed E-state index contributed by atoms with van der Waals surface area (Å²) >= 11 is 0. The minimum absolute atomic E-state index is 0.156. The normalized spacial score (nSPS) is 16.1. The molecule has 4 unspecified atom stereocenters. The van der Waals surface area contributed by atoms with Crippen molar-refractivity contribution < 1.29 is 19.8 Å². The van der Waals surface area contributed by atoms with Crippen LogP contribution in [0.2, 0.25) is 0 Å². The van der Waals surface area contributed by atoms with E-state index in [4.69, 9.17) is 5.73 Å². The molecule has 9 rings (SSSR count). The molecule has 0 bridgehead atoms. The van der Waals surface area contributed by atoms with Crippen molar-refractivity contribution in [2.75, 3.05) is 13.1 Å². The Hall–Kier alpha value is -6.86. The van der Waals surface area contributed by atoms with Crippen LogP contribution in [0.1, 0.15) is 93.2 Å². The summed E-state index contributed by atoms with van der Waals surface area (Å²) in [7, 11) is 0. The lowest BCUT2D eigenvalue weighted by atomic mass is 9.70. The van der Waals surface area contributed by atoms with Gasteiger partial charge in [0.25, 0.3) is 0 Å². The van der Waals surface area contributed by atoms with Crippen LogP contribution in [0.15, 0.2) is 182 Å². The molecular weight excluding hydrogens is 849 g/mol. The van der Waals surface area contributed by atoms with Gasteiger partial charge in [-0.2, -0.15) is 0 Å². The van der Waals surface area contributed by atoms with E-state index in [1.807, 2.05) is 74.5 Å². The molecule has 6 heteroatoms. The SMILES string of the molecule is Cc1ccc(CC(O)(CN(CC(O)(Cc2ccc(C)cc2)C(c2ccc(C)cc2)c2cccc3ccccc23)C(=O)C2(C(N)=O)CCCC2)C(c2ccc(C)cc2)c2cccc3ccccc23)cc1. The molecule has 0 aromatic heterocycles. The zero-order valence-corrected chi connectivity index (χ0v) is 40.4. The molecule has 69 heavy (non-hydrogen) atoms. The Labute approximate surface area is 407 Å². The average Bonchev–Trinajstić information content (AvgIpc) is 3.86. The summed E-state index contributed by atoms with van der Waals surface area (Å²) in [5.74, 6) is -2.49. The molecule has 8 aromatic carbocycles. The first-order valence-corrected chi connectivity index (χ1v) is 24.5. The molecule has 4 atom stereocenters. The molecule has 8 aromatic rings. The number of carbonyl (C=O) groups excluding carboxylic acids is 2. The Balaban J connectivity index is 1.31. The number of rotatable bonds is 16. The van der Waals surface area contributed by atoms with E-state index in [-0.39, 0.29) is 25.9 Å². The van der Waals surface area contributed by atoms with Gasteiger partial charge in [0.2, 0.25) is 11.8 Å². The number of hydrogen-bond donors (Lipinski definition) is 3. The summed E-state index contributed by atoms with van der Waals surface area (Å²) < 4.78 is 0. The number of aryl methyl sites for hydroxylation is 4. The van der Waals surface area contributed by atoms with Crippen LogP contribution >= 0.6 is 0 Å². The van der Waals surface area contributed by atoms with Crippen molar-refractivity contribution in [3.63, 3.8) is 0 Å². The van der Waals surface area contributed by atoms with E-state index in [0.717, 1.165) is 77.2 Å². The van der Waals surface area contributed by atoms with Crippen molar-refractivity contribution in [3.8, 4) is 0 Å². The Kier molecular flexibility index (Phi) is 13.4. The number of aliphatic hydroxyl groups is 2. The number of amides is 2. The van der Waals surface area contributed by atoms with Gasteiger partial charge in [-0.3, -0.25) is 9.59 Å². The quantitative estimate of drug-likeness (QED) is 0.0840. The van der Waals surface area contributed by atoms with Gasteiger partial charge in [-0.15, -0.1) is 0 Å². The summed E-state index contributed by atoms with van der Waals surface area (Å²) in [5, 5.41) is 32.8. The summed E-state index contributed by atoms with van der Waals surface area (Å²) in [6.07, 6.45) is 2.22. The molecule has 1 fully saturated rings. The fourth-order valence-electron chi connectivity index (χ4n) is 11.4. The molecule has 2 amide bonds. The third kappa shape index (κ3) is 9.74. The van der Waals surface area contributed by atoms with Crippen molar-refractivity contribution in [1.29, 1.82) is 0 Å². The van der Waals surface area contributed by atoms with E-state index in [0.29, 0.717) is 25.7 Å². The van der Waals surface area contributed by atoms with Crippen molar-refractivity contribution in [2.24, 2.45) is 11.1 Å². The van der Waals surface area contributed by atoms with E-state index in [1.165, 1.54) is 0 Å². The van der Waals surface area contributed by atoms with Gasteiger partial charge in [-0.1, -0.05) is 217 Å². The second-order valence-corrected chi connectivity index (χ2v) is 20.2. The lowest BCUT2D eigenvalue weighted by molar-refractivity contribution is -0.156. The van der Waals surface area contributed by atoms with E-state index in [2.05, 4.69) is 135 Å². The highest BCUT2D eigenvalue weighted by atomic mass is 16.3. The second-order valence-electron chi connectivity index (χ2n) is 20.2. The fourth-order valence-corrected chi connectivity index (χ4v) is 11.4. The van der Waals surface area contributed by atoms with E-state index in [9.17, 15) is 15.0 Å². The average molecular weight is 913 g/mol. The van der Waals surface area contributed by atoms with Crippen LogP contribution in [0, 0.1) is 33.1 Å². The van der Waals surface area contributed by atoms with Crippen LogP contribution in [-0.4, -0.2) is 51.2 Å². The van der Waals surface area contributed by atoms with Gasteiger partial charge in [0.1, 0.15) is 5.41 Å². The summed E-state index contributed by atoms with van der Waals surface area (Å²) in [5.41, 5.74) is 11.1. The van der Waals surface area contributed by atoms with Gasteiger partial charge >= 0.3 is 0 Å². The molecule has 1 saturated carbocycles. The standard InChI is InChI=1S/C63H64N2O4/c1-43-21-29-47(30-22-43)39-62(68,57(51-33-25-45(3)26-34-51)55-19-11-15-49-13-5-7-17-53(49)55)41-65(60(67)61(59(64)66)37-9-10-38-61)42-63(69,40-48-31-23-44(2)24-32-48)58(52-35-27-46(4)28-36-52)56-20-12-16-50-14-6-8-18-54(50)56/h5-8,11-36,57-58,68-69H,9-10,37-42H2,1-4H3,(H2,64,66). The number of benzene rings is 8. The highest BCUT2D eigenvalue weighted by Crippen LogP contribution is 2.47. The maximum absolute atomic E-state index is 16.2. The Morgan fingerprint density at radius 2 is 0.855 bits per heavy atom. The van der Waals surface area contributed by atoms with Gasteiger partial charge in [0.05, 0.1) is 24.3 Å². The van der Waals surface area contributed by atoms with Gasteiger partial charge in [-0.05, 0) is 95.5 Å². The van der Waals surface area contributed by atoms with Gasteiger partial charge in [0, 0.05) is 24.7 Å². The van der Waals surface area contributed by atoms with E-state index < -0.39 is 40.3 Å².